The number of ketones is 1. The summed E-state index contributed by atoms with van der Waals surface area (Å²) in [7, 11) is 0. The maximum Gasteiger partial charge on any atom is 0.131 e. The first kappa shape index (κ1) is 11.4. The molecule has 0 saturated carbocycles. The number of hydrogen-bond donors (Lipinski definition) is 0. The highest BCUT2D eigenvalue weighted by Gasteiger charge is 2.20. The molecular weight excluding hydrogens is 196 g/mol. The molecule has 0 amide bonds. The molecule has 0 bridgehead atoms. The van der Waals surface area contributed by atoms with Gasteiger partial charge in [-0.05, 0) is 19.1 Å². The Bertz CT molecular complexity index is 288. The van der Waals surface area contributed by atoms with Gasteiger partial charge >= 0.3 is 0 Å². The van der Waals surface area contributed by atoms with Crippen LogP contribution in [0.3, 0.4) is 0 Å². The normalized spacial score (nSPS) is 11.6. The van der Waals surface area contributed by atoms with Crippen LogP contribution in [-0.2, 0) is 10.5 Å². The fourth-order valence-electron chi connectivity index (χ4n) is 1.31. The van der Waals surface area contributed by atoms with Gasteiger partial charge in [0.05, 0.1) is 12.0 Å². The van der Waals surface area contributed by atoms with E-state index in [0.29, 0.717) is 6.42 Å². The molecule has 0 spiro atoms. The van der Waals surface area contributed by atoms with Crippen molar-refractivity contribution in [1.29, 1.82) is 0 Å². The molecule has 1 aromatic rings. The zero-order valence-corrected chi connectivity index (χ0v) is 9.69. The molecule has 0 saturated heterocycles. The molecule has 2 nitrogen and oxygen atoms in total. The number of carbonyl (C=O) groups is 1. The maximum absolute atomic E-state index is 11.0. The summed E-state index contributed by atoms with van der Waals surface area (Å²) in [6.45, 7) is 5.80. The van der Waals surface area contributed by atoms with E-state index in [1.807, 2.05) is 12.1 Å². The van der Waals surface area contributed by atoms with Crippen LogP contribution in [0.25, 0.3) is 0 Å². The Morgan fingerprint density at radius 1 is 1.57 bits per heavy atom. The lowest BCUT2D eigenvalue weighted by Gasteiger charge is -2.21. The standard InChI is InChI=1S/C11H16O2S/c1-9(12)7-11(2,3)14-8-10-5-4-6-13-10/h4-6H,7-8H2,1-3H3. The van der Waals surface area contributed by atoms with E-state index in [2.05, 4.69) is 13.8 Å². The van der Waals surface area contributed by atoms with Crippen LogP contribution in [0.1, 0.15) is 33.0 Å². The highest BCUT2D eigenvalue weighted by molar-refractivity contribution is 7.99. The molecule has 1 heterocycles. The second-order valence-electron chi connectivity index (χ2n) is 4.01. The lowest BCUT2D eigenvalue weighted by molar-refractivity contribution is -0.117. The summed E-state index contributed by atoms with van der Waals surface area (Å²) in [5.41, 5.74) is 0. The van der Waals surface area contributed by atoms with Crippen LogP contribution in [0.4, 0.5) is 0 Å². The molecular formula is C11H16O2S. The highest BCUT2D eigenvalue weighted by atomic mass is 32.2. The van der Waals surface area contributed by atoms with Crippen molar-refractivity contribution in [2.75, 3.05) is 0 Å². The zero-order valence-electron chi connectivity index (χ0n) is 8.87. The molecule has 0 N–H and O–H groups in total. The average Bonchev–Trinajstić information content (AvgIpc) is 2.50. The van der Waals surface area contributed by atoms with Gasteiger partial charge in [0.2, 0.25) is 0 Å². The molecule has 14 heavy (non-hydrogen) atoms. The van der Waals surface area contributed by atoms with E-state index in [9.17, 15) is 4.79 Å². The summed E-state index contributed by atoms with van der Waals surface area (Å²) in [4.78, 5) is 11.0. The fourth-order valence-corrected chi connectivity index (χ4v) is 2.31. The van der Waals surface area contributed by atoms with Crippen molar-refractivity contribution in [3.63, 3.8) is 0 Å². The minimum absolute atomic E-state index is 0.00137. The smallest absolute Gasteiger partial charge is 0.131 e. The van der Waals surface area contributed by atoms with E-state index in [0.717, 1.165) is 11.5 Å². The van der Waals surface area contributed by atoms with Crippen molar-refractivity contribution in [2.45, 2.75) is 37.7 Å². The third kappa shape index (κ3) is 4.01. The van der Waals surface area contributed by atoms with Gasteiger partial charge in [0, 0.05) is 11.2 Å². The van der Waals surface area contributed by atoms with Crippen LogP contribution in [0.2, 0.25) is 0 Å². The van der Waals surface area contributed by atoms with E-state index in [-0.39, 0.29) is 10.5 Å². The number of rotatable bonds is 5. The summed E-state index contributed by atoms with van der Waals surface area (Å²) in [5.74, 6) is 2.03. The Labute approximate surface area is 89.1 Å². The van der Waals surface area contributed by atoms with Crippen molar-refractivity contribution in [3.8, 4) is 0 Å². The largest absolute Gasteiger partial charge is 0.468 e. The SMILES string of the molecule is CC(=O)CC(C)(C)SCc1ccco1. The quantitative estimate of drug-likeness (QED) is 0.750. The molecule has 1 rings (SSSR count). The second-order valence-corrected chi connectivity index (χ2v) is 5.69. The zero-order chi connectivity index (χ0) is 10.6. The molecule has 0 radical (unpaired) electrons. The van der Waals surface area contributed by atoms with Crippen LogP contribution < -0.4 is 0 Å². The molecule has 3 heteroatoms. The molecule has 0 aliphatic heterocycles. The molecule has 0 fully saturated rings. The van der Waals surface area contributed by atoms with Gasteiger partial charge in [-0.15, -0.1) is 11.8 Å². The van der Waals surface area contributed by atoms with Gasteiger partial charge in [0.15, 0.2) is 0 Å². The number of hydrogen-bond acceptors (Lipinski definition) is 3. The van der Waals surface area contributed by atoms with Crippen LogP contribution in [0, 0.1) is 0 Å². The minimum Gasteiger partial charge on any atom is -0.468 e. The van der Waals surface area contributed by atoms with E-state index in [1.165, 1.54) is 0 Å². The Kier molecular flexibility index (Phi) is 3.81. The predicted octanol–water partition coefficient (Wildman–Crippen LogP) is 3.27. The van der Waals surface area contributed by atoms with Gasteiger partial charge in [0.25, 0.3) is 0 Å². The van der Waals surface area contributed by atoms with E-state index in [4.69, 9.17) is 4.42 Å². The lowest BCUT2D eigenvalue weighted by atomic mass is 10.1. The number of carbonyl (C=O) groups excluding carboxylic acids is 1. The molecule has 0 unspecified atom stereocenters. The summed E-state index contributed by atoms with van der Waals surface area (Å²) in [6, 6.07) is 3.84. The first-order valence-electron chi connectivity index (χ1n) is 4.65. The number of thioether (sulfide) groups is 1. The average molecular weight is 212 g/mol. The molecule has 78 valence electrons. The van der Waals surface area contributed by atoms with Crippen molar-refractivity contribution >= 4 is 17.5 Å². The summed E-state index contributed by atoms with van der Waals surface area (Å²) < 4.78 is 5.23. The van der Waals surface area contributed by atoms with Crippen molar-refractivity contribution in [1.82, 2.24) is 0 Å². The van der Waals surface area contributed by atoms with Crippen LogP contribution in [-0.4, -0.2) is 10.5 Å². The molecule has 0 aliphatic carbocycles. The molecule has 0 atom stereocenters. The van der Waals surface area contributed by atoms with Crippen LogP contribution >= 0.6 is 11.8 Å². The van der Waals surface area contributed by atoms with Gasteiger partial charge in [-0.3, -0.25) is 4.79 Å². The van der Waals surface area contributed by atoms with Gasteiger partial charge in [0.1, 0.15) is 11.5 Å². The first-order chi connectivity index (χ1) is 6.49. The van der Waals surface area contributed by atoms with E-state index >= 15 is 0 Å². The topological polar surface area (TPSA) is 30.2 Å². The lowest BCUT2D eigenvalue weighted by Crippen LogP contribution is -2.18. The Balaban J connectivity index is 2.40. The Hall–Kier alpha value is -0.700. The molecule has 1 aromatic heterocycles. The van der Waals surface area contributed by atoms with E-state index < -0.39 is 0 Å². The highest BCUT2D eigenvalue weighted by Crippen LogP contribution is 2.31. The fraction of sp³-hybridized carbons (Fsp3) is 0.545. The maximum atomic E-state index is 11.0. The number of furan rings is 1. The molecule has 0 aliphatic rings. The molecule has 0 aromatic carbocycles. The second kappa shape index (κ2) is 4.69. The van der Waals surface area contributed by atoms with Crippen molar-refractivity contribution in [2.24, 2.45) is 0 Å². The van der Waals surface area contributed by atoms with Gasteiger partial charge in [-0.25, -0.2) is 0 Å². The summed E-state index contributed by atoms with van der Waals surface area (Å²) >= 11 is 1.75. The predicted molar refractivity (Wildman–Crippen MR) is 59.4 cm³/mol. The first-order valence-corrected chi connectivity index (χ1v) is 5.64. The van der Waals surface area contributed by atoms with Gasteiger partial charge in [-0.2, -0.15) is 0 Å². The third-order valence-electron chi connectivity index (χ3n) is 1.86. The monoisotopic (exact) mass is 212 g/mol. The van der Waals surface area contributed by atoms with Crippen LogP contribution in [0.15, 0.2) is 22.8 Å². The third-order valence-corrected chi connectivity index (χ3v) is 3.21. The van der Waals surface area contributed by atoms with E-state index in [1.54, 1.807) is 24.9 Å². The van der Waals surface area contributed by atoms with Crippen molar-refractivity contribution < 1.29 is 9.21 Å². The van der Waals surface area contributed by atoms with Gasteiger partial charge in [-0.1, -0.05) is 13.8 Å². The van der Waals surface area contributed by atoms with Crippen LogP contribution in [0.5, 0.6) is 0 Å². The summed E-state index contributed by atoms with van der Waals surface area (Å²) in [6.07, 6.45) is 2.28. The summed E-state index contributed by atoms with van der Waals surface area (Å²) in [5, 5.41) is 0. The minimum atomic E-state index is -0.00137. The number of Topliss-reactive ketones (excluding diaryl/α,β-unsaturated/α-hetero) is 1. The Morgan fingerprint density at radius 3 is 2.79 bits per heavy atom. The Morgan fingerprint density at radius 2 is 2.29 bits per heavy atom. The van der Waals surface area contributed by atoms with Crippen molar-refractivity contribution in [3.05, 3.63) is 24.2 Å². The van der Waals surface area contributed by atoms with Gasteiger partial charge < -0.3 is 4.42 Å².